The van der Waals surface area contributed by atoms with E-state index in [0.29, 0.717) is 36.9 Å². The molecule has 0 saturated carbocycles. The lowest BCUT2D eigenvalue weighted by Gasteiger charge is -2.24. The van der Waals surface area contributed by atoms with E-state index in [1.807, 2.05) is 25.2 Å². The van der Waals surface area contributed by atoms with Crippen molar-refractivity contribution in [2.75, 3.05) is 42.9 Å². The van der Waals surface area contributed by atoms with Gasteiger partial charge < -0.3 is 24.6 Å². The molecule has 2 aliphatic rings. The van der Waals surface area contributed by atoms with Crippen molar-refractivity contribution in [3.8, 4) is 0 Å². The molecular formula is C27H30ClN5O2. The van der Waals surface area contributed by atoms with Gasteiger partial charge in [-0.3, -0.25) is 4.79 Å². The highest BCUT2D eigenvalue weighted by Gasteiger charge is 2.25. The Kier molecular flexibility index (Phi) is 6.68. The van der Waals surface area contributed by atoms with Gasteiger partial charge >= 0.3 is 6.03 Å². The molecule has 1 N–H and O–H groups in total. The molecule has 3 amide bonds. The molecule has 0 unspecified atom stereocenters. The standard InChI is InChI=1S/C27H30ClN5O2/c1-30-19-22(28)17-25(30)26(34)31-12-6-13-32(16-15-31)27(35)29-23-9-4-2-8-21(23)18-33-14-11-20-7-3-5-10-24(20)33/h2-5,7-10,17,19H,6,11-16,18H2,1H3,(H,29,35). The van der Waals surface area contributed by atoms with Gasteiger partial charge in [-0.2, -0.15) is 0 Å². The SMILES string of the molecule is Cn1cc(Cl)cc1C(=O)N1CCCN(C(=O)Nc2ccccc2CN2CCc3ccccc32)CC1. The average molecular weight is 492 g/mol. The van der Waals surface area contributed by atoms with Gasteiger partial charge in [0.05, 0.1) is 5.02 Å². The molecule has 2 aromatic carbocycles. The highest BCUT2D eigenvalue weighted by molar-refractivity contribution is 6.31. The van der Waals surface area contributed by atoms with Crippen molar-refractivity contribution < 1.29 is 9.59 Å². The van der Waals surface area contributed by atoms with Gasteiger partial charge in [-0.05, 0) is 42.2 Å². The Morgan fingerprint density at radius 2 is 1.69 bits per heavy atom. The molecule has 182 valence electrons. The van der Waals surface area contributed by atoms with E-state index in [4.69, 9.17) is 11.6 Å². The molecule has 1 fully saturated rings. The van der Waals surface area contributed by atoms with E-state index in [-0.39, 0.29) is 11.9 Å². The van der Waals surface area contributed by atoms with Crippen LogP contribution in [0.1, 0.15) is 28.0 Å². The van der Waals surface area contributed by atoms with E-state index in [2.05, 4.69) is 40.5 Å². The first-order valence-electron chi connectivity index (χ1n) is 12.1. The number of fused-ring (bicyclic) bond motifs is 1. The van der Waals surface area contributed by atoms with Crippen LogP contribution in [0.25, 0.3) is 0 Å². The maximum Gasteiger partial charge on any atom is 0.321 e. The third-order valence-corrected chi connectivity index (χ3v) is 7.07. The Balaban J connectivity index is 1.23. The zero-order valence-electron chi connectivity index (χ0n) is 19.9. The lowest BCUT2D eigenvalue weighted by molar-refractivity contribution is 0.0753. The third kappa shape index (κ3) is 5.00. The second kappa shape index (κ2) is 10.0. The molecule has 3 aromatic rings. The largest absolute Gasteiger partial charge is 0.367 e. The number of benzene rings is 2. The Bertz CT molecular complexity index is 1240. The van der Waals surface area contributed by atoms with Crippen LogP contribution in [-0.2, 0) is 20.0 Å². The van der Waals surface area contributed by atoms with Crippen LogP contribution in [0.2, 0.25) is 5.02 Å². The minimum atomic E-state index is -0.129. The van der Waals surface area contributed by atoms with Crippen molar-refractivity contribution in [2.45, 2.75) is 19.4 Å². The number of halogens is 1. The van der Waals surface area contributed by atoms with Crippen molar-refractivity contribution in [2.24, 2.45) is 7.05 Å². The van der Waals surface area contributed by atoms with Crippen LogP contribution in [-0.4, -0.2) is 59.0 Å². The van der Waals surface area contributed by atoms with Crippen LogP contribution in [0.5, 0.6) is 0 Å². The summed E-state index contributed by atoms with van der Waals surface area (Å²) in [5.41, 5.74) is 5.12. The molecule has 8 heteroatoms. The van der Waals surface area contributed by atoms with Gasteiger partial charge in [0.15, 0.2) is 0 Å². The average Bonchev–Trinajstić information content (AvgIpc) is 3.31. The normalized spacial score (nSPS) is 15.7. The van der Waals surface area contributed by atoms with Crippen LogP contribution < -0.4 is 10.2 Å². The maximum atomic E-state index is 13.2. The van der Waals surface area contributed by atoms with E-state index in [9.17, 15) is 9.59 Å². The predicted octanol–water partition coefficient (Wildman–Crippen LogP) is 4.62. The smallest absolute Gasteiger partial charge is 0.321 e. The summed E-state index contributed by atoms with van der Waals surface area (Å²) in [4.78, 5) is 32.1. The summed E-state index contributed by atoms with van der Waals surface area (Å²) >= 11 is 6.06. The van der Waals surface area contributed by atoms with E-state index in [1.54, 1.807) is 26.6 Å². The van der Waals surface area contributed by atoms with Crippen molar-refractivity contribution in [3.63, 3.8) is 0 Å². The van der Waals surface area contributed by atoms with Gasteiger partial charge in [-0.25, -0.2) is 4.79 Å². The summed E-state index contributed by atoms with van der Waals surface area (Å²) in [6, 6.07) is 18.1. The fourth-order valence-corrected chi connectivity index (χ4v) is 5.22. The molecule has 0 spiro atoms. The monoisotopic (exact) mass is 491 g/mol. The van der Waals surface area contributed by atoms with Crippen molar-refractivity contribution >= 4 is 34.9 Å². The zero-order chi connectivity index (χ0) is 24.4. The Morgan fingerprint density at radius 3 is 2.51 bits per heavy atom. The fraction of sp³-hybridized carbons (Fsp3) is 0.333. The van der Waals surface area contributed by atoms with Crippen LogP contribution >= 0.6 is 11.6 Å². The van der Waals surface area contributed by atoms with Gasteiger partial charge in [0.1, 0.15) is 5.69 Å². The number of nitrogens with zero attached hydrogens (tertiary/aromatic N) is 4. The highest BCUT2D eigenvalue weighted by atomic mass is 35.5. The minimum Gasteiger partial charge on any atom is -0.367 e. The lowest BCUT2D eigenvalue weighted by Crippen LogP contribution is -2.39. The first-order chi connectivity index (χ1) is 17.0. The number of nitrogens with one attached hydrogen (secondary N) is 1. The van der Waals surface area contributed by atoms with E-state index in [1.165, 1.54) is 11.3 Å². The molecule has 2 aliphatic heterocycles. The maximum absolute atomic E-state index is 13.2. The highest BCUT2D eigenvalue weighted by Crippen LogP contribution is 2.30. The summed E-state index contributed by atoms with van der Waals surface area (Å²) in [7, 11) is 1.81. The number of hydrogen-bond donors (Lipinski definition) is 1. The van der Waals surface area contributed by atoms with Gasteiger partial charge in [0.2, 0.25) is 0 Å². The number of carbonyl (C=O) groups is 2. The van der Waals surface area contributed by atoms with E-state index < -0.39 is 0 Å². The first-order valence-corrected chi connectivity index (χ1v) is 12.5. The number of rotatable bonds is 4. The van der Waals surface area contributed by atoms with Crippen molar-refractivity contribution in [1.29, 1.82) is 0 Å². The predicted molar refractivity (Wildman–Crippen MR) is 139 cm³/mol. The number of urea groups is 1. The molecule has 7 nitrogen and oxygen atoms in total. The summed E-state index contributed by atoms with van der Waals surface area (Å²) < 4.78 is 1.75. The zero-order valence-corrected chi connectivity index (χ0v) is 20.7. The number of amides is 3. The fourth-order valence-electron chi connectivity index (χ4n) is 4.97. The van der Waals surface area contributed by atoms with Crippen LogP contribution in [0.3, 0.4) is 0 Å². The molecule has 0 radical (unpaired) electrons. The molecule has 35 heavy (non-hydrogen) atoms. The Hall–Kier alpha value is -3.45. The third-order valence-electron chi connectivity index (χ3n) is 6.86. The number of hydrogen-bond acceptors (Lipinski definition) is 3. The van der Waals surface area contributed by atoms with Crippen LogP contribution in [0.4, 0.5) is 16.2 Å². The summed E-state index contributed by atoms with van der Waals surface area (Å²) in [6.07, 6.45) is 3.50. The molecule has 3 heterocycles. The van der Waals surface area contributed by atoms with Gasteiger partial charge in [-0.1, -0.05) is 48.0 Å². The Labute approximate surface area is 210 Å². The van der Waals surface area contributed by atoms with Gasteiger partial charge in [-0.15, -0.1) is 0 Å². The topological polar surface area (TPSA) is 60.8 Å². The second-order valence-corrected chi connectivity index (χ2v) is 9.61. The number of carbonyl (C=O) groups excluding carboxylic acids is 2. The Morgan fingerprint density at radius 1 is 0.943 bits per heavy atom. The molecule has 1 saturated heterocycles. The van der Waals surface area contributed by atoms with E-state index >= 15 is 0 Å². The number of aryl methyl sites for hydroxylation is 1. The molecule has 1 aromatic heterocycles. The quantitative estimate of drug-likeness (QED) is 0.579. The molecule has 0 aliphatic carbocycles. The summed E-state index contributed by atoms with van der Waals surface area (Å²) in [5.74, 6) is -0.0575. The van der Waals surface area contributed by atoms with E-state index in [0.717, 1.165) is 37.2 Å². The number of anilines is 2. The summed E-state index contributed by atoms with van der Waals surface area (Å²) in [6.45, 7) is 3.90. The number of para-hydroxylation sites is 2. The lowest BCUT2D eigenvalue weighted by atomic mass is 10.1. The molecule has 0 bridgehead atoms. The summed E-state index contributed by atoms with van der Waals surface area (Å²) in [5, 5.41) is 3.67. The molecule has 0 atom stereocenters. The second-order valence-electron chi connectivity index (χ2n) is 9.17. The van der Waals surface area contributed by atoms with Gasteiger partial charge in [0, 0.05) is 63.9 Å². The first kappa shape index (κ1) is 23.3. The van der Waals surface area contributed by atoms with Crippen molar-refractivity contribution in [1.82, 2.24) is 14.4 Å². The molecular weight excluding hydrogens is 462 g/mol. The molecule has 5 rings (SSSR count). The number of aromatic nitrogens is 1. The van der Waals surface area contributed by atoms with Crippen LogP contribution in [0.15, 0.2) is 60.8 Å². The van der Waals surface area contributed by atoms with Crippen molar-refractivity contribution in [3.05, 3.63) is 82.6 Å². The van der Waals surface area contributed by atoms with Gasteiger partial charge in [0.25, 0.3) is 5.91 Å². The van der Waals surface area contributed by atoms with Crippen LogP contribution in [0, 0.1) is 0 Å². The minimum absolute atomic E-state index is 0.0575.